The Hall–Kier alpha value is -3.16. The number of furan rings is 1. The normalized spacial score (nSPS) is 10.9. The maximum Gasteiger partial charge on any atom is 0.374 e. The Kier molecular flexibility index (Phi) is 6.06. The van der Waals surface area contributed by atoms with E-state index in [-0.39, 0.29) is 24.7 Å². The third-order valence-electron chi connectivity index (χ3n) is 4.77. The van der Waals surface area contributed by atoms with E-state index in [9.17, 15) is 9.59 Å². The molecule has 2 aromatic carbocycles. The summed E-state index contributed by atoms with van der Waals surface area (Å²) in [5.74, 6) is -0.578. The molecule has 2 heterocycles. The summed E-state index contributed by atoms with van der Waals surface area (Å²) in [4.78, 5) is 29.2. The number of rotatable bonds is 6. The highest BCUT2D eigenvalue weighted by molar-refractivity contribution is 7.09. The predicted octanol–water partition coefficient (Wildman–Crippen LogP) is 5.70. The smallest absolute Gasteiger partial charge is 0.374 e. The van der Waals surface area contributed by atoms with Crippen molar-refractivity contribution >= 4 is 51.5 Å². The van der Waals surface area contributed by atoms with Gasteiger partial charge in [-0.15, -0.1) is 11.3 Å². The average molecular weight is 455 g/mol. The van der Waals surface area contributed by atoms with E-state index in [1.54, 1.807) is 30.5 Å². The Morgan fingerprint density at radius 3 is 2.81 bits per heavy atom. The van der Waals surface area contributed by atoms with Crippen molar-refractivity contribution in [1.82, 2.24) is 4.98 Å². The van der Waals surface area contributed by atoms with Crippen LogP contribution in [0.15, 0.2) is 52.3 Å². The molecule has 0 aliphatic carbocycles. The van der Waals surface area contributed by atoms with Crippen LogP contribution >= 0.6 is 22.9 Å². The molecular formula is C23H19ClN2O4S. The van der Waals surface area contributed by atoms with E-state index in [1.165, 1.54) is 11.3 Å². The lowest BCUT2D eigenvalue weighted by molar-refractivity contribution is -0.115. The lowest BCUT2D eigenvalue weighted by atomic mass is 10.1. The molecule has 0 atom stereocenters. The Labute approximate surface area is 187 Å². The number of thiazole rings is 1. The molecule has 158 valence electrons. The minimum atomic E-state index is -0.573. The van der Waals surface area contributed by atoms with Crippen LogP contribution in [0.5, 0.6) is 0 Å². The summed E-state index contributed by atoms with van der Waals surface area (Å²) in [6, 6.07) is 12.8. The van der Waals surface area contributed by atoms with E-state index in [0.29, 0.717) is 26.9 Å². The first-order valence-corrected chi connectivity index (χ1v) is 10.8. The van der Waals surface area contributed by atoms with Crippen LogP contribution in [0.3, 0.4) is 0 Å². The van der Waals surface area contributed by atoms with E-state index in [1.807, 2.05) is 31.2 Å². The lowest BCUT2D eigenvalue weighted by Gasteiger charge is -2.06. The van der Waals surface area contributed by atoms with Crippen molar-refractivity contribution in [2.24, 2.45) is 0 Å². The second-order valence-corrected chi connectivity index (χ2v) is 8.42. The second-order valence-electron chi connectivity index (χ2n) is 7.05. The van der Waals surface area contributed by atoms with Gasteiger partial charge in [0.2, 0.25) is 11.7 Å². The summed E-state index contributed by atoms with van der Waals surface area (Å²) in [6.07, 6.45) is 0.149. The van der Waals surface area contributed by atoms with Crippen LogP contribution in [-0.4, -0.2) is 16.9 Å². The quantitative estimate of drug-likeness (QED) is 0.378. The molecule has 0 aliphatic rings. The number of hydrogen-bond donors (Lipinski definition) is 1. The van der Waals surface area contributed by atoms with Crippen molar-refractivity contribution in [2.45, 2.75) is 26.9 Å². The van der Waals surface area contributed by atoms with Crippen LogP contribution in [0.4, 0.5) is 5.69 Å². The third-order valence-corrected chi connectivity index (χ3v) is 5.90. The van der Waals surface area contributed by atoms with Gasteiger partial charge in [-0.05, 0) is 43.7 Å². The zero-order valence-electron chi connectivity index (χ0n) is 16.9. The van der Waals surface area contributed by atoms with Gasteiger partial charge in [0.1, 0.15) is 17.2 Å². The van der Waals surface area contributed by atoms with E-state index < -0.39 is 5.97 Å². The summed E-state index contributed by atoms with van der Waals surface area (Å²) in [7, 11) is 0. The van der Waals surface area contributed by atoms with Gasteiger partial charge >= 0.3 is 5.97 Å². The molecule has 0 fully saturated rings. The fourth-order valence-corrected chi connectivity index (χ4v) is 4.08. The first-order valence-electron chi connectivity index (χ1n) is 9.55. The second kappa shape index (κ2) is 8.91. The van der Waals surface area contributed by atoms with Gasteiger partial charge < -0.3 is 14.5 Å². The molecule has 0 unspecified atom stereocenters. The number of aromatic nitrogens is 1. The molecular weight excluding hydrogens is 436 g/mol. The van der Waals surface area contributed by atoms with E-state index >= 15 is 0 Å². The minimum Gasteiger partial charge on any atom is -0.453 e. The van der Waals surface area contributed by atoms with Gasteiger partial charge in [-0.25, -0.2) is 9.78 Å². The number of halogens is 1. The number of carbonyl (C=O) groups is 2. The minimum absolute atomic E-state index is 0.00795. The predicted molar refractivity (Wildman–Crippen MR) is 121 cm³/mol. The molecule has 8 heteroatoms. The molecule has 2 aromatic heterocycles. The maximum absolute atomic E-state index is 12.5. The Balaban J connectivity index is 1.36. The SMILES string of the molecule is Cc1ccccc1NC(=O)Cc1nc(COC(=O)c2oc3ccc(Cl)cc3c2C)cs1. The lowest BCUT2D eigenvalue weighted by Crippen LogP contribution is -2.15. The molecule has 0 radical (unpaired) electrons. The molecule has 4 aromatic rings. The summed E-state index contributed by atoms with van der Waals surface area (Å²) in [5.41, 5.74) is 3.60. The monoisotopic (exact) mass is 454 g/mol. The number of nitrogens with zero attached hydrogens (tertiary/aromatic N) is 1. The fourth-order valence-electron chi connectivity index (χ4n) is 3.13. The Bertz CT molecular complexity index is 1280. The molecule has 0 saturated carbocycles. The van der Waals surface area contributed by atoms with Crippen LogP contribution in [0.25, 0.3) is 11.0 Å². The van der Waals surface area contributed by atoms with Crippen LogP contribution in [0, 0.1) is 13.8 Å². The first-order chi connectivity index (χ1) is 14.9. The highest BCUT2D eigenvalue weighted by Gasteiger charge is 2.20. The number of aryl methyl sites for hydroxylation is 2. The van der Waals surface area contributed by atoms with Gasteiger partial charge in [-0.3, -0.25) is 4.79 Å². The molecule has 4 rings (SSSR count). The molecule has 0 saturated heterocycles. The molecule has 0 bridgehead atoms. The number of amides is 1. The number of esters is 1. The van der Waals surface area contributed by atoms with Gasteiger partial charge in [0.05, 0.1) is 12.1 Å². The highest BCUT2D eigenvalue weighted by Crippen LogP contribution is 2.28. The molecule has 1 N–H and O–H groups in total. The van der Waals surface area contributed by atoms with Crippen LogP contribution in [0.2, 0.25) is 5.02 Å². The number of ether oxygens (including phenoxy) is 1. The van der Waals surface area contributed by atoms with E-state index in [0.717, 1.165) is 16.6 Å². The standard InChI is InChI=1S/C23H19ClN2O4S/c1-13-5-3-4-6-18(13)26-20(27)10-21-25-16(12-31-21)11-29-23(28)22-14(2)17-9-15(24)7-8-19(17)30-22/h3-9,12H,10-11H2,1-2H3,(H,26,27). The van der Waals surface area contributed by atoms with E-state index in [2.05, 4.69) is 10.3 Å². The zero-order chi connectivity index (χ0) is 22.0. The average Bonchev–Trinajstić information content (AvgIpc) is 3.32. The number of hydrogen-bond acceptors (Lipinski definition) is 6. The van der Waals surface area contributed by atoms with Gasteiger partial charge in [0, 0.05) is 27.0 Å². The number of carbonyl (C=O) groups excluding carboxylic acids is 2. The van der Waals surface area contributed by atoms with Crippen molar-refractivity contribution < 1.29 is 18.7 Å². The molecule has 0 spiro atoms. The van der Waals surface area contributed by atoms with Gasteiger partial charge in [0.25, 0.3) is 0 Å². The largest absolute Gasteiger partial charge is 0.453 e. The number of anilines is 1. The molecule has 31 heavy (non-hydrogen) atoms. The van der Waals surface area contributed by atoms with Crippen molar-refractivity contribution in [1.29, 1.82) is 0 Å². The van der Waals surface area contributed by atoms with Crippen molar-refractivity contribution in [3.63, 3.8) is 0 Å². The summed E-state index contributed by atoms with van der Waals surface area (Å²) in [5, 5.41) is 6.64. The first kappa shape index (κ1) is 21.1. The highest BCUT2D eigenvalue weighted by atomic mass is 35.5. The maximum atomic E-state index is 12.5. The Morgan fingerprint density at radius 2 is 2.00 bits per heavy atom. The van der Waals surface area contributed by atoms with Gasteiger partial charge in [-0.2, -0.15) is 0 Å². The molecule has 1 amide bonds. The van der Waals surface area contributed by atoms with E-state index in [4.69, 9.17) is 20.8 Å². The Morgan fingerprint density at radius 1 is 1.19 bits per heavy atom. The number of benzene rings is 2. The van der Waals surface area contributed by atoms with Crippen LogP contribution < -0.4 is 5.32 Å². The van der Waals surface area contributed by atoms with Crippen molar-refractivity contribution in [3.05, 3.63) is 80.5 Å². The third kappa shape index (κ3) is 4.78. The fraction of sp³-hybridized carbons (Fsp3) is 0.174. The van der Waals surface area contributed by atoms with Crippen LogP contribution in [-0.2, 0) is 22.6 Å². The number of nitrogens with one attached hydrogen (secondary N) is 1. The number of fused-ring (bicyclic) bond motifs is 1. The van der Waals surface area contributed by atoms with Crippen molar-refractivity contribution in [2.75, 3.05) is 5.32 Å². The molecule has 0 aliphatic heterocycles. The van der Waals surface area contributed by atoms with Crippen molar-refractivity contribution in [3.8, 4) is 0 Å². The van der Waals surface area contributed by atoms with Gasteiger partial charge in [0.15, 0.2) is 0 Å². The topological polar surface area (TPSA) is 81.4 Å². The summed E-state index contributed by atoms with van der Waals surface area (Å²) >= 11 is 7.37. The van der Waals surface area contributed by atoms with Crippen LogP contribution in [0.1, 0.15) is 32.4 Å². The van der Waals surface area contributed by atoms with Gasteiger partial charge in [-0.1, -0.05) is 29.8 Å². The number of para-hydroxylation sites is 1. The molecule has 6 nitrogen and oxygen atoms in total. The zero-order valence-corrected chi connectivity index (χ0v) is 18.5. The summed E-state index contributed by atoms with van der Waals surface area (Å²) in [6.45, 7) is 3.71. The summed E-state index contributed by atoms with van der Waals surface area (Å²) < 4.78 is 11.0.